The molecule has 214 valence electrons. The van der Waals surface area contributed by atoms with Crippen LogP contribution in [0.4, 0.5) is 13.6 Å². The Morgan fingerprint density at radius 1 is 1.16 bits per heavy atom. The molecule has 2 heterocycles. The lowest BCUT2D eigenvalue weighted by Crippen LogP contribution is -2.44. The molecule has 3 rings (SSSR count). The molecule has 0 aromatic carbocycles. The predicted molar refractivity (Wildman–Crippen MR) is 145 cm³/mol. The summed E-state index contributed by atoms with van der Waals surface area (Å²) >= 11 is -1.30. The third kappa shape index (κ3) is 8.02. The van der Waals surface area contributed by atoms with E-state index in [1.807, 2.05) is 26.8 Å². The van der Waals surface area contributed by atoms with Gasteiger partial charge >= 0.3 is 6.09 Å². The summed E-state index contributed by atoms with van der Waals surface area (Å²) in [6, 6.07) is 1.02. The van der Waals surface area contributed by atoms with Gasteiger partial charge in [-0.3, -0.25) is 0 Å². The van der Waals surface area contributed by atoms with Crippen molar-refractivity contribution >= 4 is 23.1 Å². The Bertz CT molecular complexity index is 1110. The van der Waals surface area contributed by atoms with E-state index in [1.165, 1.54) is 0 Å². The number of nitrogens with one attached hydrogen (secondary N) is 2. The monoisotopic (exact) mass is 555 g/mol. The van der Waals surface area contributed by atoms with Gasteiger partial charge in [0.15, 0.2) is 5.65 Å². The molecule has 0 saturated heterocycles. The summed E-state index contributed by atoms with van der Waals surface area (Å²) in [5, 5.41) is 7.44. The molecule has 0 radical (unpaired) electrons. The van der Waals surface area contributed by atoms with Crippen LogP contribution in [0.3, 0.4) is 0 Å². The molecule has 8 nitrogen and oxygen atoms in total. The fourth-order valence-electron chi connectivity index (χ4n) is 4.51. The topological polar surface area (TPSA) is 104 Å². The zero-order chi connectivity index (χ0) is 28.7. The number of rotatable bonds is 6. The average molecular weight is 556 g/mol. The van der Waals surface area contributed by atoms with E-state index < -0.39 is 39.8 Å². The first-order valence-corrected chi connectivity index (χ1v) is 14.3. The Balaban J connectivity index is 1.95. The number of ether oxygens (including phenoxy) is 1. The van der Waals surface area contributed by atoms with Gasteiger partial charge in [0.25, 0.3) is 0 Å². The molecule has 0 unspecified atom stereocenters. The van der Waals surface area contributed by atoms with Crippen molar-refractivity contribution in [1.29, 1.82) is 0 Å². The van der Waals surface area contributed by atoms with Crippen LogP contribution in [0.1, 0.15) is 111 Å². The van der Waals surface area contributed by atoms with Crippen LogP contribution in [0.15, 0.2) is 18.5 Å². The highest BCUT2D eigenvalue weighted by Gasteiger charge is 2.40. The minimum absolute atomic E-state index is 0.218. The lowest BCUT2D eigenvalue weighted by atomic mass is 9.81. The Morgan fingerprint density at radius 3 is 2.29 bits per heavy atom. The summed E-state index contributed by atoms with van der Waals surface area (Å²) in [4.78, 5) is 17.5. The second kappa shape index (κ2) is 10.9. The largest absolute Gasteiger partial charge is 0.598 e. The van der Waals surface area contributed by atoms with Crippen LogP contribution in [0, 0.1) is 11.3 Å². The first-order chi connectivity index (χ1) is 17.2. The van der Waals surface area contributed by atoms with E-state index in [0.717, 1.165) is 5.56 Å². The first kappa shape index (κ1) is 30.6. The number of carbonyl (C=O) groups is 1. The number of hydrogen-bond donors (Lipinski definition) is 2. The van der Waals surface area contributed by atoms with Gasteiger partial charge in [-0.1, -0.05) is 20.8 Å². The molecule has 0 bridgehead atoms. The normalized spacial score (nSPS) is 19.7. The zero-order valence-corrected chi connectivity index (χ0v) is 24.8. The van der Waals surface area contributed by atoms with Crippen LogP contribution in [0.25, 0.3) is 5.65 Å². The van der Waals surface area contributed by atoms with E-state index in [2.05, 4.69) is 35.9 Å². The molecule has 38 heavy (non-hydrogen) atoms. The predicted octanol–water partition coefficient (Wildman–Crippen LogP) is 6.26. The van der Waals surface area contributed by atoms with Gasteiger partial charge in [-0.15, -0.1) is 4.72 Å². The Morgan fingerprint density at radius 2 is 1.76 bits per heavy atom. The molecule has 2 N–H and O–H groups in total. The third-order valence-electron chi connectivity index (χ3n) is 6.56. The molecule has 1 saturated carbocycles. The maximum absolute atomic E-state index is 13.9. The summed E-state index contributed by atoms with van der Waals surface area (Å²) in [6.07, 6.45) is 2.88. The average Bonchev–Trinajstić information content (AvgIpc) is 3.16. The standard InChI is InChI=1S/C27H43F2N5O3S/c1-24(2,3)22(33-38(36)26(7,8)9)18-14-20-31-19(16-34(20)30-15-18)21(32-23(35)37-25(4,5)6)17-10-12-27(28,29)13-11-17/h14-17,21-22,33H,10-13H2,1-9H3,(H,32,35)/t21-,22+,38-/m0/s1. The lowest BCUT2D eigenvalue weighted by molar-refractivity contribution is -0.0500. The summed E-state index contributed by atoms with van der Waals surface area (Å²) in [7, 11) is 0. The van der Waals surface area contributed by atoms with E-state index >= 15 is 0 Å². The van der Waals surface area contributed by atoms with Crippen molar-refractivity contribution in [2.45, 2.75) is 116 Å². The Labute approximate surface area is 228 Å². The van der Waals surface area contributed by atoms with Gasteiger partial charge in [-0.2, -0.15) is 5.10 Å². The number of carbonyl (C=O) groups excluding carboxylic acids is 1. The quantitative estimate of drug-likeness (QED) is 0.408. The first-order valence-electron chi connectivity index (χ1n) is 13.2. The van der Waals surface area contributed by atoms with Crippen LogP contribution in [-0.4, -0.2) is 41.5 Å². The zero-order valence-electron chi connectivity index (χ0n) is 24.0. The number of aromatic nitrogens is 3. The van der Waals surface area contributed by atoms with Gasteiger partial charge in [0.05, 0.1) is 30.2 Å². The summed E-state index contributed by atoms with van der Waals surface area (Å²) < 4.78 is 50.6. The van der Waals surface area contributed by atoms with E-state index in [1.54, 1.807) is 37.7 Å². The SMILES string of the molecule is CC(C)(C)OC(=O)N[C@H](c1cn2ncc([C@@H](N[S@@+]([O-])C(C)(C)C)C(C)(C)C)cc2n1)C1CCC(F)(F)CC1. The second-order valence-electron chi connectivity index (χ2n) is 13.4. The van der Waals surface area contributed by atoms with Crippen molar-refractivity contribution in [3.8, 4) is 0 Å². The van der Waals surface area contributed by atoms with Crippen LogP contribution in [0.5, 0.6) is 0 Å². The lowest BCUT2D eigenvalue weighted by Gasteiger charge is -2.34. The number of imidazole rings is 1. The van der Waals surface area contributed by atoms with Crippen LogP contribution >= 0.6 is 0 Å². The third-order valence-corrected chi connectivity index (χ3v) is 8.13. The van der Waals surface area contributed by atoms with Crippen LogP contribution in [0.2, 0.25) is 0 Å². The fraction of sp³-hybridized carbons (Fsp3) is 0.741. The molecular formula is C27H43F2N5O3S. The van der Waals surface area contributed by atoms with Gasteiger partial charge in [0.2, 0.25) is 5.92 Å². The van der Waals surface area contributed by atoms with Gasteiger partial charge in [0.1, 0.15) is 10.3 Å². The molecule has 1 fully saturated rings. The van der Waals surface area contributed by atoms with Crippen LogP contribution in [-0.2, 0) is 16.1 Å². The van der Waals surface area contributed by atoms with Gasteiger partial charge in [0, 0.05) is 24.2 Å². The summed E-state index contributed by atoms with van der Waals surface area (Å²) in [5.74, 6) is -2.91. The molecule has 3 atom stereocenters. The van der Waals surface area contributed by atoms with Crippen molar-refractivity contribution in [1.82, 2.24) is 24.6 Å². The molecule has 0 aliphatic heterocycles. The van der Waals surface area contributed by atoms with E-state index in [-0.39, 0.29) is 43.1 Å². The molecule has 2 aromatic heterocycles. The number of nitrogens with zero attached hydrogens (tertiary/aromatic N) is 3. The molecule has 11 heteroatoms. The number of hydrogen-bond acceptors (Lipinski definition) is 6. The van der Waals surface area contributed by atoms with E-state index in [9.17, 15) is 18.1 Å². The maximum Gasteiger partial charge on any atom is 0.408 e. The number of fused-ring (bicyclic) bond motifs is 1. The Kier molecular flexibility index (Phi) is 8.75. The van der Waals surface area contributed by atoms with Crippen molar-refractivity contribution in [2.75, 3.05) is 0 Å². The highest BCUT2D eigenvalue weighted by molar-refractivity contribution is 7.90. The highest BCUT2D eigenvalue weighted by Crippen LogP contribution is 2.41. The maximum atomic E-state index is 13.9. The van der Waals surface area contributed by atoms with E-state index in [0.29, 0.717) is 11.3 Å². The summed E-state index contributed by atoms with van der Waals surface area (Å²) in [6.45, 7) is 17.2. The van der Waals surface area contributed by atoms with Crippen molar-refractivity contribution in [3.63, 3.8) is 0 Å². The molecule has 2 aromatic rings. The van der Waals surface area contributed by atoms with Gasteiger partial charge in [-0.05, 0) is 77.3 Å². The van der Waals surface area contributed by atoms with Crippen LogP contribution < -0.4 is 10.0 Å². The van der Waals surface area contributed by atoms with Crippen molar-refractivity contribution in [2.24, 2.45) is 11.3 Å². The van der Waals surface area contributed by atoms with E-state index in [4.69, 9.17) is 9.72 Å². The molecule has 1 aliphatic carbocycles. The molecule has 1 aliphatic rings. The molecule has 1 amide bonds. The number of alkyl halides is 2. The van der Waals surface area contributed by atoms with Crippen molar-refractivity contribution in [3.05, 3.63) is 29.7 Å². The Hall–Kier alpha value is -1.98. The van der Waals surface area contributed by atoms with Crippen molar-refractivity contribution < 1.29 is 22.9 Å². The van der Waals surface area contributed by atoms with Gasteiger partial charge < -0.3 is 14.6 Å². The molecule has 0 spiro atoms. The minimum Gasteiger partial charge on any atom is -0.598 e. The molecular weight excluding hydrogens is 512 g/mol. The second-order valence-corrected chi connectivity index (χ2v) is 15.4. The van der Waals surface area contributed by atoms with Gasteiger partial charge in [-0.25, -0.2) is 23.1 Å². The number of amides is 1. The fourth-order valence-corrected chi connectivity index (χ4v) is 5.57. The number of alkyl carbamates (subject to hydrolysis) is 1. The smallest absolute Gasteiger partial charge is 0.408 e. The number of halogens is 2. The summed E-state index contributed by atoms with van der Waals surface area (Å²) in [5.41, 5.74) is 0.936. The minimum atomic E-state index is -2.69. The highest BCUT2D eigenvalue weighted by atomic mass is 32.2.